The van der Waals surface area contributed by atoms with Crippen LogP contribution in [-0.2, 0) is 14.3 Å². The molecule has 1 N–H and O–H groups in total. The summed E-state index contributed by atoms with van der Waals surface area (Å²) in [5.41, 5.74) is 2.70. The molecule has 1 unspecified atom stereocenters. The van der Waals surface area contributed by atoms with Crippen molar-refractivity contribution in [1.82, 2.24) is 10.3 Å². The van der Waals surface area contributed by atoms with Crippen LogP contribution in [-0.4, -0.2) is 73.1 Å². The van der Waals surface area contributed by atoms with Crippen LogP contribution < -0.4 is 14.8 Å². The second-order valence-electron chi connectivity index (χ2n) is 14.2. The normalized spacial score (nSPS) is 18.9. The number of hydrogen-bond donors (Lipinski definition) is 1. The van der Waals surface area contributed by atoms with Gasteiger partial charge in [0.2, 0.25) is 0 Å². The maximum atomic E-state index is 14.7. The number of unbranched alkanes of at least 4 members (excludes halogenated alkanes) is 3. The molecule has 1 aliphatic rings. The van der Waals surface area contributed by atoms with Crippen LogP contribution in [0.2, 0.25) is 0 Å². The first-order valence-electron chi connectivity index (χ1n) is 18.0. The highest BCUT2D eigenvalue weighted by atomic mass is 16.6. The summed E-state index contributed by atoms with van der Waals surface area (Å²) in [6.45, 7) is 17.5. The number of amides is 3. The fraction of sp³-hybridized carbons (Fsp3) is 0.429. The van der Waals surface area contributed by atoms with Crippen molar-refractivity contribution in [3.8, 4) is 22.8 Å². The van der Waals surface area contributed by atoms with Crippen LogP contribution in [0, 0.1) is 5.41 Å². The Balaban J connectivity index is 1.69. The Bertz CT molecular complexity index is 1760. The third kappa shape index (κ3) is 9.28. The molecule has 0 spiro atoms. The first kappa shape index (κ1) is 39.8. The molecule has 1 aliphatic heterocycles. The van der Waals surface area contributed by atoms with Gasteiger partial charge in [0.15, 0.2) is 6.10 Å². The third-order valence-corrected chi connectivity index (χ3v) is 9.73. The number of methoxy groups -OCH3 is 2. The summed E-state index contributed by atoms with van der Waals surface area (Å²) in [6.07, 6.45) is 7.96. The summed E-state index contributed by atoms with van der Waals surface area (Å²) in [6, 6.07) is 13.9. The fourth-order valence-corrected chi connectivity index (χ4v) is 6.89. The van der Waals surface area contributed by atoms with E-state index in [9.17, 15) is 14.4 Å². The smallest absolute Gasteiger partial charge is 0.496 e. The number of likely N-dealkylation sites (tertiary alicyclic amines) is 1. The van der Waals surface area contributed by atoms with Crippen molar-refractivity contribution in [2.24, 2.45) is 5.41 Å². The molecule has 0 radical (unpaired) electrons. The number of imide groups is 1. The number of hydrogen-bond acceptors (Lipinski definition) is 8. The van der Waals surface area contributed by atoms with Gasteiger partial charge in [-0.2, -0.15) is 9.28 Å². The zero-order chi connectivity index (χ0) is 37.9. The quantitative estimate of drug-likeness (QED) is 0.0838. The summed E-state index contributed by atoms with van der Waals surface area (Å²) < 4.78 is 22.6. The van der Waals surface area contributed by atoms with Gasteiger partial charge in [0.25, 0.3) is 0 Å². The summed E-state index contributed by atoms with van der Waals surface area (Å²) in [4.78, 5) is 46.6. The number of carbonyl (C=O) groups is 3. The number of allylic oxidation sites excluding steroid dienone is 2. The molecule has 0 aliphatic carbocycles. The predicted octanol–water partition coefficient (Wildman–Crippen LogP) is 9.04. The minimum absolute atomic E-state index is 0.0116. The number of fused-ring (bicyclic) bond motifs is 1. The molecule has 1 saturated heterocycles. The number of aromatic nitrogens is 1. The number of rotatable bonds is 17. The van der Waals surface area contributed by atoms with Crippen LogP contribution in [0.25, 0.3) is 28.2 Å². The Morgan fingerprint density at radius 1 is 1.02 bits per heavy atom. The van der Waals surface area contributed by atoms with Crippen LogP contribution >= 0.6 is 0 Å². The summed E-state index contributed by atoms with van der Waals surface area (Å²) in [5.74, 6) is 0.713. The zero-order valence-corrected chi connectivity index (χ0v) is 31.3. The Morgan fingerprint density at radius 3 is 2.42 bits per heavy atom. The molecule has 1 aromatic heterocycles. The maximum Gasteiger partial charge on any atom is 0.523 e. The van der Waals surface area contributed by atoms with E-state index in [4.69, 9.17) is 23.9 Å². The first-order valence-corrected chi connectivity index (χ1v) is 18.0. The van der Waals surface area contributed by atoms with E-state index in [2.05, 4.69) is 25.1 Å². The van der Waals surface area contributed by atoms with Gasteiger partial charge in [-0.25, -0.2) is 14.6 Å². The largest absolute Gasteiger partial charge is 0.523 e. The van der Waals surface area contributed by atoms with Crippen LogP contribution in [0.5, 0.6) is 11.5 Å². The predicted molar refractivity (Wildman–Crippen MR) is 205 cm³/mol. The van der Waals surface area contributed by atoms with Gasteiger partial charge in [-0.15, -0.1) is 13.2 Å². The van der Waals surface area contributed by atoms with E-state index in [-0.39, 0.29) is 18.6 Å². The van der Waals surface area contributed by atoms with Gasteiger partial charge < -0.3 is 24.3 Å². The fourth-order valence-electron chi connectivity index (χ4n) is 6.89. The Morgan fingerprint density at radius 2 is 1.77 bits per heavy atom. The van der Waals surface area contributed by atoms with Crippen LogP contribution in [0.4, 0.5) is 9.59 Å². The van der Waals surface area contributed by atoms with Crippen molar-refractivity contribution in [2.45, 2.75) is 83.9 Å². The van der Waals surface area contributed by atoms with Gasteiger partial charge in [-0.3, -0.25) is 0 Å². The zero-order valence-electron chi connectivity index (χ0n) is 31.3. The molecular formula is C42H54N3O7+. The van der Waals surface area contributed by atoms with Gasteiger partial charge in [0.1, 0.15) is 30.1 Å². The molecule has 278 valence electrons. The molecule has 3 aromatic rings. The Kier molecular flexibility index (Phi) is 13.8. The first-order chi connectivity index (χ1) is 24.9. The number of alkyl carbamates (subject to hydrolysis) is 1. The molecule has 1 fully saturated rings. The molecular weight excluding hydrogens is 658 g/mol. The monoisotopic (exact) mass is 712 g/mol. The number of pyridine rings is 1. The van der Waals surface area contributed by atoms with Gasteiger partial charge >= 0.3 is 18.1 Å². The van der Waals surface area contributed by atoms with E-state index in [1.807, 2.05) is 75.4 Å². The van der Waals surface area contributed by atoms with Crippen molar-refractivity contribution in [3.05, 3.63) is 86.0 Å². The Labute approximate surface area is 308 Å². The van der Waals surface area contributed by atoms with Gasteiger partial charge in [-0.05, 0) is 38.7 Å². The van der Waals surface area contributed by atoms with Crippen molar-refractivity contribution in [1.29, 1.82) is 0 Å². The molecule has 52 heavy (non-hydrogen) atoms. The number of benzene rings is 2. The average Bonchev–Trinajstić information content (AvgIpc) is 3.48. The van der Waals surface area contributed by atoms with Gasteiger partial charge in [-0.1, -0.05) is 81.8 Å². The van der Waals surface area contributed by atoms with Crippen molar-refractivity contribution >= 4 is 35.1 Å². The summed E-state index contributed by atoms with van der Waals surface area (Å²) >= 11 is 0. The molecule has 0 bridgehead atoms. The van der Waals surface area contributed by atoms with Crippen LogP contribution in [0.1, 0.15) is 71.3 Å². The molecule has 4 atom stereocenters. The SMILES string of the molecule is C=CCCCCC[C@H](NC(=O)OCC(C)(C)CC=C)C(=O)[N+]1(C(=O)OC)C[C@H](Oc2cc(-c3ccccc3)nc3cc(OC)c(C=C)cc23)C[C@H]1C. The van der Waals surface area contributed by atoms with Crippen molar-refractivity contribution in [2.75, 3.05) is 27.4 Å². The van der Waals surface area contributed by atoms with E-state index in [1.54, 1.807) is 19.3 Å². The van der Waals surface area contributed by atoms with Crippen molar-refractivity contribution in [3.63, 3.8) is 0 Å². The number of ether oxygens (including phenoxy) is 4. The number of quaternary nitrogens is 1. The summed E-state index contributed by atoms with van der Waals surface area (Å²) in [5, 5.41) is 3.55. The van der Waals surface area contributed by atoms with Crippen LogP contribution in [0.15, 0.2) is 80.4 Å². The molecule has 2 aromatic carbocycles. The van der Waals surface area contributed by atoms with E-state index in [1.165, 1.54) is 7.11 Å². The van der Waals surface area contributed by atoms with E-state index >= 15 is 0 Å². The lowest BCUT2D eigenvalue weighted by Crippen LogP contribution is -2.65. The van der Waals surface area contributed by atoms with Crippen LogP contribution in [0.3, 0.4) is 0 Å². The van der Waals surface area contributed by atoms with Gasteiger partial charge in [0, 0.05) is 40.5 Å². The highest BCUT2D eigenvalue weighted by Gasteiger charge is 2.60. The van der Waals surface area contributed by atoms with E-state index in [0.717, 1.165) is 35.8 Å². The molecule has 10 nitrogen and oxygen atoms in total. The lowest BCUT2D eigenvalue weighted by Gasteiger charge is -2.34. The molecule has 0 saturated carbocycles. The topological polar surface area (TPSA) is 113 Å². The Hall–Kier alpha value is -4.96. The maximum absolute atomic E-state index is 14.7. The molecule has 4 rings (SSSR count). The van der Waals surface area contributed by atoms with E-state index in [0.29, 0.717) is 48.4 Å². The second kappa shape index (κ2) is 18.0. The number of carbonyl (C=O) groups excluding carboxylic acids is 3. The standard InChI is InChI=1S/C42H53N3O7/c1-9-12-13-14-18-21-34(44-40(47)51-28-42(5,6)22-10-2)39(46)45(41(48)50-8)27-32(23-29(45)4)52-38-25-35(31-19-16-15-17-20-31)43-36-26-37(49-7)30(11-3)24-33(36)38/h9-11,15-17,19-20,24-26,29,32,34H,1-3,12-14,18,21-23,27-28H2,4-8H3/p+1/t29-,32-,34+,45?/m1/s1. The molecule has 10 heteroatoms. The molecule has 2 heterocycles. The number of nitrogens with zero attached hydrogens (tertiary/aromatic N) is 2. The lowest BCUT2D eigenvalue weighted by molar-refractivity contribution is -0.794. The summed E-state index contributed by atoms with van der Waals surface area (Å²) in [7, 11) is 2.87. The minimum atomic E-state index is -0.992. The number of nitrogens with one attached hydrogen (secondary N) is 1. The van der Waals surface area contributed by atoms with Gasteiger partial charge in [0.05, 0.1) is 32.0 Å². The highest BCUT2D eigenvalue weighted by Crippen LogP contribution is 2.38. The third-order valence-electron chi connectivity index (χ3n) is 9.73. The lowest BCUT2D eigenvalue weighted by atomic mass is 9.91. The van der Waals surface area contributed by atoms with Crippen molar-refractivity contribution < 1.29 is 37.8 Å². The molecule has 3 amide bonds. The average molecular weight is 713 g/mol. The second-order valence-corrected chi connectivity index (χ2v) is 14.2. The minimum Gasteiger partial charge on any atom is -0.496 e. The van der Waals surface area contributed by atoms with E-state index < -0.39 is 40.8 Å². The highest BCUT2D eigenvalue weighted by molar-refractivity contribution is 5.92.